The van der Waals surface area contributed by atoms with E-state index in [1.54, 1.807) is 20.8 Å². The molecule has 5 atom stereocenters. The molecule has 2 aromatic rings. The first-order valence-corrected chi connectivity index (χ1v) is 16.0. The zero-order chi connectivity index (χ0) is 33.0. The third-order valence-corrected chi connectivity index (χ3v) is 9.16. The molecule has 13 nitrogen and oxygen atoms in total. The molecule has 0 radical (unpaired) electrons. The summed E-state index contributed by atoms with van der Waals surface area (Å²) in [7, 11) is 0. The lowest BCUT2D eigenvalue weighted by atomic mass is 9.94. The van der Waals surface area contributed by atoms with Crippen LogP contribution in [0.1, 0.15) is 73.7 Å². The van der Waals surface area contributed by atoms with Gasteiger partial charge in [0.15, 0.2) is 5.69 Å². The van der Waals surface area contributed by atoms with Crippen LogP contribution in [0.2, 0.25) is 0 Å². The van der Waals surface area contributed by atoms with Crippen molar-refractivity contribution in [2.24, 2.45) is 11.8 Å². The van der Waals surface area contributed by atoms with Gasteiger partial charge >= 0.3 is 0 Å². The summed E-state index contributed by atoms with van der Waals surface area (Å²) in [5.41, 5.74) is 0.979. The van der Waals surface area contributed by atoms with Crippen LogP contribution >= 0.6 is 0 Å². The number of amides is 5. The lowest BCUT2D eigenvalue weighted by Gasteiger charge is -2.31. The molecule has 1 aromatic carbocycles. The van der Waals surface area contributed by atoms with E-state index in [9.17, 15) is 28.8 Å². The Morgan fingerprint density at radius 3 is 2.39 bits per heavy atom. The number of rotatable bonds is 11. The Labute approximate surface area is 267 Å². The van der Waals surface area contributed by atoms with Crippen molar-refractivity contribution in [1.82, 2.24) is 30.9 Å². The van der Waals surface area contributed by atoms with Gasteiger partial charge in [-0.15, -0.1) is 0 Å². The van der Waals surface area contributed by atoms with Crippen molar-refractivity contribution in [1.29, 1.82) is 0 Å². The van der Waals surface area contributed by atoms with Crippen molar-refractivity contribution >= 4 is 35.3 Å². The summed E-state index contributed by atoms with van der Waals surface area (Å²) in [6.07, 6.45) is 2.34. The van der Waals surface area contributed by atoms with Gasteiger partial charge < -0.3 is 30.3 Å². The highest BCUT2D eigenvalue weighted by Crippen LogP contribution is 2.33. The van der Waals surface area contributed by atoms with Gasteiger partial charge in [-0.2, -0.15) is 0 Å². The average Bonchev–Trinajstić information content (AvgIpc) is 3.87. The van der Waals surface area contributed by atoms with Crippen molar-refractivity contribution in [2.75, 3.05) is 26.2 Å². The van der Waals surface area contributed by atoms with Crippen LogP contribution in [0.25, 0.3) is 0 Å². The number of nitrogens with one attached hydrogen (secondary N) is 3. The molecule has 3 N–H and O–H groups in total. The Morgan fingerprint density at radius 2 is 1.78 bits per heavy atom. The van der Waals surface area contributed by atoms with Gasteiger partial charge in [0, 0.05) is 44.1 Å². The lowest BCUT2D eigenvalue weighted by Crippen LogP contribution is -2.57. The van der Waals surface area contributed by atoms with E-state index in [-0.39, 0.29) is 42.8 Å². The van der Waals surface area contributed by atoms with Gasteiger partial charge in [-0.05, 0) is 50.5 Å². The molecule has 0 saturated carbocycles. The number of aromatic nitrogens is 1. The smallest absolute Gasteiger partial charge is 0.292 e. The van der Waals surface area contributed by atoms with Gasteiger partial charge in [0.05, 0.1) is 6.04 Å². The van der Waals surface area contributed by atoms with Gasteiger partial charge in [0.1, 0.15) is 17.8 Å². The van der Waals surface area contributed by atoms with Gasteiger partial charge in [-0.3, -0.25) is 28.8 Å². The summed E-state index contributed by atoms with van der Waals surface area (Å²) >= 11 is 0. The van der Waals surface area contributed by atoms with Gasteiger partial charge in [-0.1, -0.05) is 49.3 Å². The zero-order valence-electron chi connectivity index (χ0n) is 26.5. The molecule has 5 amide bonds. The van der Waals surface area contributed by atoms with E-state index < -0.39 is 53.5 Å². The Hall–Kier alpha value is -4.55. The second-order valence-corrected chi connectivity index (χ2v) is 12.8. The minimum atomic E-state index is -1.22. The van der Waals surface area contributed by atoms with E-state index in [2.05, 4.69) is 21.1 Å². The molecule has 2 unspecified atom stereocenters. The molecule has 3 aliphatic rings. The molecule has 5 rings (SSSR count). The average molecular weight is 635 g/mol. The molecule has 3 aliphatic heterocycles. The van der Waals surface area contributed by atoms with E-state index in [0.717, 1.165) is 18.4 Å². The van der Waals surface area contributed by atoms with Crippen LogP contribution < -0.4 is 16.0 Å². The molecule has 0 bridgehead atoms. The highest BCUT2D eigenvalue weighted by atomic mass is 16.5. The van der Waals surface area contributed by atoms with E-state index in [4.69, 9.17) is 4.52 Å². The number of benzene rings is 1. The fourth-order valence-electron chi connectivity index (χ4n) is 6.55. The van der Waals surface area contributed by atoms with Crippen LogP contribution in [0.15, 0.2) is 40.9 Å². The third-order valence-electron chi connectivity index (χ3n) is 9.16. The first-order chi connectivity index (χ1) is 22.0. The predicted molar refractivity (Wildman–Crippen MR) is 165 cm³/mol. The Morgan fingerprint density at radius 1 is 1.07 bits per heavy atom. The van der Waals surface area contributed by atoms with Gasteiger partial charge in [0.2, 0.25) is 23.5 Å². The van der Waals surface area contributed by atoms with Crippen molar-refractivity contribution < 1.29 is 33.3 Å². The SMILES string of the molecule is Cc1cc(C(=O)NC(C(=O)N2CC(c3ccccc3)C[C@H]2C(=O)N[C@@H](C[C@@H]2CCNC2=O)C(=O)C(=O)N2CCCC2)C(C)C)no1. The highest BCUT2D eigenvalue weighted by Gasteiger charge is 2.45. The van der Waals surface area contributed by atoms with Crippen LogP contribution in [-0.4, -0.2) is 94.6 Å². The van der Waals surface area contributed by atoms with Gasteiger partial charge in [0.25, 0.3) is 11.8 Å². The summed E-state index contributed by atoms with van der Waals surface area (Å²) in [6, 6.07) is 7.80. The number of hydrogen-bond acceptors (Lipinski definition) is 8. The Balaban J connectivity index is 1.40. The normalized spacial score (nSPS) is 22.4. The fraction of sp³-hybridized carbons (Fsp3) is 0.545. The summed E-state index contributed by atoms with van der Waals surface area (Å²) < 4.78 is 5.02. The first kappa shape index (κ1) is 32.8. The number of likely N-dealkylation sites (tertiary alicyclic amines) is 2. The maximum Gasteiger partial charge on any atom is 0.292 e. The van der Waals surface area contributed by atoms with Crippen LogP contribution in [0.4, 0.5) is 0 Å². The fourth-order valence-corrected chi connectivity index (χ4v) is 6.55. The van der Waals surface area contributed by atoms with Crippen molar-refractivity contribution in [2.45, 2.75) is 76.9 Å². The third kappa shape index (κ3) is 7.29. The first-order valence-electron chi connectivity index (χ1n) is 16.0. The summed E-state index contributed by atoms with van der Waals surface area (Å²) in [5, 5.41) is 12.0. The number of hydrogen-bond donors (Lipinski definition) is 3. The van der Waals surface area contributed by atoms with Crippen LogP contribution in [0, 0.1) is 18.8 Å². The molecule has 0 aliphatic carbocycles. The van der Waals surface area contributed by atoms with Crippen LogP contribution in [0.5, 0.6) is 0 Å². The van der Waals surface area contributed by atoms with Crippen LogP contribution in [-0.2, 0) is 24.0 Å². The minimum Gasteiger partial charge on any atom is -0.361 e. The Kier molecular flexibility index (Phi) is 10.2. The molecular weight excluding hydrogens is 592 g/mol. The van der Waals surface area contributed by atoms with E-state index in [1.165, 1.54) is 15.9 Å². The van der Waals surface area contributed by atoms with E-state index >= 15 is 0 Å². The van der Waals surface area contributed by atoms with Crippen molar-refractivity contribution in [3.63, 3.8) is 0 Å². The lowest BCUT2D eigenvalue weighted by molar-refractivity contribution is -0.147. The predicted octanol–water partition coefficient (Wildman–Crippen LogP) is 1.32. The van der Waals surface area contributed by atoms with Gasteiger partial charge in [-0.25, -0.2) is 0 Å². The topological polar surface area (TPSA) is 171 Å². The maximum absolute atomic E-state index is 14.2. The second-order valence-electron chi connectivity index (χ2n) is 12.8. The molecule has 3 saturated heterocycles. The number of Topliss-reactive ketones (excluding diaryl/α,β-unsaturated/α-hetero) is 1. The van der Waals surface area contributed by atoms with E-state index in [1.807, 2.05) is 30.3 Å². The number of aryl methyl sites for hydroxylation is 1. The molecule has 3 fully saturated rings. The second kappa shape index (κ2) is 14.3. The van der Waals surface area contributed by atoms with E-state index in [0.29, 0.717) is 31.8 Å². The summed E-state index contributed by atoms with van der Waals surface area (Å²) in [6.45, 7) is 6.84. The molecule has 4 heterocycles. The molecule has 1 aromatic heterocycles. The monoisotopic (exact) mass is 634 g/mol. The number of carbonyl (C=O) groups excluding carboxylic acids is 6. The highest BCUT2D eigenvalue weighted by molar-refractivity contribution is 6.38. The largest absolute Gasteiger partial charge is 0.361 e. The van der Waals surface area contributed by atoms with Crippen molar-refractivity contribution in [3.05, 3.63) is 53.4 Å². The van der Waals surface area contributed by atoms with Crippen molar-refractivity contribution in [3.8, 4) is 0 Å². The number of ketones is 1. The number of carbonyl (C=O) groups is 6. The standard InChI is InChI=1S/C33H42N6O7/c1-19(2)27(36-30(42)25-15-20(3)46-37-25)32(44)39-18-23(21-9-5-4-6-10-21)17-26(39)31(43)35-24(16-22-11-12-34-29(22)41)28(40)33(45)38-13-7-8-14-38/h4-6,9-10,15,19,22-24,26-27H,7-8,11-14,16-18H2,1-3H3,(H,34,41)(H,35,43)(H,36,42)/t22-,23?,24-,26-,27?/m0/s1. The zero-order valence-corrected chi connectivity index (χ0v) is 26.5. The number of nitrogens with zero attached hydrogens (tertiary/aromatic N) is 3. The summed E-state index contributed by atoms with van der Waals surface area (Å²) in [5.74, 6) is -3.88. The molecule has 46 heavy (non-hydrogen) atoms. The molecule has 13 heteroatoms. The molecular formula is C33H42N6O7. The quantitative estimate of drug-likeness (QED) is 0.311. The molecule has 246 valence electrons. The molecule has 0 spiro atoms. The minimum absolute atomic E-state index is 0.0133. The summed E-state index contributed by atoms with van der Waals surface area (Å²) in [4.78, 5) is 83.4. The van der Waals surface area contributed by atoms with Crippen LogP contribution in [0.3, 0.4) is 0 Å². The Bertz CT molecular complexity index is 1470. The maximum atomic E-state index is 14.2.